The van der Waals surface area contributed by atoms with Crippen LogP contribution in [-0.2, 0) is 9.63 Å². The Morgan fingerprint density at radius 1 is 1.28 bits per heavy atom. The Balaban J connectivity index is 1.76. The maximum Gasteiger partial charge on any atom is 0.257 e. The van der Waals surface area contributed by atoms with Gasteiger partial charge in [-0.05, 0) is 29.8 Å². The van der Waals surface area contributed by atoms with Gasteiger partial charge in [0, 0.05) is 23.4 Å². The summed E-state index contributed by atoms with van der Waals surface area (Å²) in [6.07, 6.45) is 0.212. The van der Waals surface area contributed by atoms with Crippen molar-refractivity contribution in [2.75, 3.05) is 11.1 Å². The number of amides is 1. The number of benzene rings is 2. The van der Waals surface area contributed by atoms with Crippen LogP contribution in [0.15, 0.2) is 47.6 Å². The summed E-state index contributed by atoms with van der Waals surface area (Å²) in [5, 5.41) is 7.28. The predicted octanol–water partition coefficient (Wildman–Crippen LogP) is 4.53. The minimum Gasteiger partial charge on any atom is -0.398 e. The highest BCUT2D eigenvalue weighted by atomic mass is 35.5. The molecule has 130 valence electrons. The van der Waals surface area contributed by atoms with Crippen molar-refractivity contribution in [1.29, 1.82) is 0 Å². The van der Waals surface area contributed by atoms with Crippen LogP contribution in [0.4, 0.5) is 11.4 Å². The van der Waals surface area contributed by atoms with Crippen LogP contribution in [0.25, 0.3) is 0 Å². The number of rotatable bonds is 4. The number of alkyl halides is 2. The number of anilines is 2. The molecule has 3 N–H and O–H groups in total. The van der Waals surface area contributed by atoms with Crippen LogP contribution >= 0.6 is 34.8 Å². The van der Waals surface area contributed by atoms with Gasteiger partial charge in [-0.2, -0.15) is 0 Å². The van der Waals surface area contributed by atoms with Gasteiger partial charge in [0.05, 0.1) is 10.7 Å². The number of carbonyl (C=O) groups excluding carboxylic acids is 1. The molecule has 1 heterocycles. The number of nitrogens with one attached hydrogen (secondary N) is 1. The average Bonchev–Trinajstić information content (AvgIpc) is 3.04. The Morgan fingerprint density at radius 3 is 2.76 bits per heavy atom. The molecule has 1 unspecified atom stereocenters. The summed E-state index contributed by atoms with van der Waals surface area (Å²) in [7, 11) is 0. The van der Waals surface area contributed by atoms with Crippen LogP contribution in [0.1, 0.15) is 23.7 Å². The normalized spacial score (nSPS) is 16.5. The van der Waals surface area contributed by atoms with Gasteiger partial charge in [0.1, 0.15) is 0 Å². The van der Waals surface area contributed by atoms with Crippen molar-refractivity contribution in [1.82, 2.24) is 0 Å². The van der Waals surface area contributed by atoms with E-state index in [1.54, 1.807) is 36.4 Å². The fourth-order valence-corrected chi connectivity index (χ4v) is 2.96. The molecule has 0 saturated carbocycles. The Kier molecular flexibility index (Phi) is 5.37. The molecule has 3 rings (SSSR count). The smallest absolute Gasteiger partial charge is 0.257 e. The predicted molar refractivity (Wildman–Crippen MR) is 101 cm³/mol. The molecule has 25 heavy (non-hydrogen) atoms. The molecular weight excluding hydrogens is 385 g/mol. The first-order valence-corrected chi connectivity index (χ1v) is 8.67. The quantitative estimate of drug-likeness (QED) is 0.587. The fraction of sp³-hybridized carbons (Fsp3) is 0.176. The van der Waals surface area contributed by atoms with Crippen LogP contribution < -0.4 is 11.1 Å². The molecule has 1 atom stereocenters. The van der Waals surface area contributed by atoms with E-state index in [9.17, 15) is 4.79 Å². The molecule has 2 aromatic rings. The first kappa shape index (κ1) is 17.9. The van der Waals surface area contributed by atoms with Gasteiger partial charge in [0.2, 0.25) is 0 Å². The SMILES string of the molecule is Nc1cccc(Cl)c1C1=NOC(c2cccc(NC(=O)C(Cl)Cl)c2)C1. The maximum atomic E-state index is 11.6. The lowest BCUT2D eigenvalue weighted by Gasteiger charge is -2.12. The maximum absolute atomic E-state index is 11.6. The number of oxime groups is 1. The molecule has 0 radical (unpaired) electrons. The molecule has 0 fully saturated rings. The van der Waals surface area contributed by atoms with E-state index < -0.39 is 10.7 Å². The molecule has 2 aromatic carbocycles. The molecule has 0 aromatic heterocycles. The third kappa shape index (κ3) is 4.00. The van der Waals surface area contributed by atoms with Crippen LogP contribution in [0.2, 0.25) is 5.02 Å². The van der Waals surface area contributed by atoms with Crippen molar-refractivity contribution in [2.45, 2.75) is 17.4 Å². The van der Waals surface area contributed by atoms with Crippen molar-refractivity contribution in [3.05, 3.63) is 58.6 Å². The second kappa shape index (κ2) is 7.52. The number of hydrogen-bond acceptors (Lipinski definition) is 4. The minimum atomic E-state index is -1.13. The van der Waals surface area contributed by atoms with E-state index in [0.29, 0.717) is 34.1 Å². The monoisotopic (exact) mass is 397 g/mol. The molecule has 1 aliphatic heterocycles. The number of hydrogen-bond donors (Lipinski definition) is 2. The third-order valence-electron chi connectivity index (χ3n) is 3.73. The van der Waals surface area contributed by atoms with Crippen molar-refractivity contribution in [2.24, 2.45) is 5.16 Å². The summed E-state index contributed by atoms with van der Waals surface area (Å²) in [5.74, 6) is -0.492. The molecule has 0 spiro atoms. The Labute approximate surface area is 159 Å². The van der Waals surface area contributed by atoms with E-state index in [-0.39, 0.29) is 6.10 Å². The van der Waals surface area contributed by atoms with Gasteiger partial charge < -0.3 is 15.9 Å². The molecule has 5 nitrogen and oxygen atoms in total. The first-order chi connectivity index (χ1) is 12.0. The summed E-state index contributed by atoms with van der Waals surface area (Å²) in [6, 6.07) is 12.5. The zero-order valence-electron chi connectivity index (χ0n) is 12.9. The average molecular weight is 399 g/mol. The Hall–Kier alpha value is -1.95. The van der Waals surface area contributed by atoms with E-state index in [2.05, 4.69) is 10.5 Å². The van der Waals surface area contributed by atoms with Crippen LogP contribution in [0, 0.1) is 0 Å². The van der Waals surface area contributed by atoms with Gasteiger partial charge in [-0.15, -0.1) is 0 Å². The summed E-state index contributed by atoms with van der Waals surface area (Å²) >= 11 is 17.3. The van der Waals surface area contributed by atoms with Gasteiger partial charge in [0.15, 0.2) is 10.9 Å². The van der Waals surface area contributed by atoms with Gasteiger partial charge in [-0.1, -0.05) is 58.2 Å². The second-order valence-corrected chi connectivity index (χ2v) is 6.96. The second-order valence-electron chi connectivity index (χ2n) is 5.46. The zero-order valence-corrected chi connectivity index (χ0v) is 15.1. The highest BCUT2D eigenvalue weighted by molar-refractivity contribution is 6.54. The van der Waals surface area contributed by atoms with Crippen molar-refractivity contribution >= 4 is 57.8 Å². The van der Waals surface area contributed by atoms with Crippen molar-refractivity contribution in [3.63, 3.8) is 0 Å². The number of nitrogen functional groups attached to an aromatic ring is 1. The number of nitrogens with two attached hydrogens (primary N) is 1. The number of nitrogens with zero attached hydrogens (tertiary/aromatic N) is 1. The van der Waals surface area contributed by atoms with E-state index in [4.69, 9.17) is 45.4 Å². The van der Waals surface area contributed by atoms with E-state index in [1.165, 1.54) is 0 Å². The van der Waals surface area contributed by atoms with E-state index in [0.717, 1.165) is 5.56 Å². The molecule has 0 bridgehead atoms. The summed E-state index contributed by atoms with van der Waals surface area (Å²) < 4.78 is 0. The molecular formula is C17H14Cl3N3O2. The minimum absolute atomic E-state index is 0.301. The van der Waals surface area contributed by atoms with Gasteiger partial charge in [-0.25, -0.2) is 0 Å². The molecule has 8 heteroatoms. The summed E-state index contributed by atoms with van der Waals surface area (Å²) in [4.78, 5) is 16.0. The third-order valence-corrected chi connectivity index (χ3v) is 4.44. The molecule has 1 amide bonds. The first-order valence-electron chi connectivity index (χ1n) is 7.41. The highest BCUT2D eigenvalue weighted by Gasteiger charge is 2.26. The molecule has 1 aliphatic rings. The summed E-state index contributed by atoms with van der Waals surface area (Å²) in [6.45, 7) is 0. The zero-order chi connectivity index (χ0) is 18.0. The lowest BCUT2D eigenvalue weighted by atomic mass is 9.99. The lowest BCUT2D eigenvalue weighted by molar-refractivity contribution is -0.114. The lowest BCUT2D eigenvalue weighted by Crippen LogP contribution is -2.18. The van der Waals surface area contributed by atoms with Gasteiger partial charge in [0.25, 0.3) is 5.91 Å². The number of halogens is 3. The summed E-state index contributed by atoms with van der Waals surface area (Å²) in [5.41, 5.74) is 9.34. The Morgan fingerprint density at radius 2 is 2.04 bits per heavy atom. The van der Waals surface area contributed by atoms with Crippen LogP contribution in [-0.4, -0.2) is 16.5 Å². The van der Waals surface area contributed by atoms with E-state index in [1.807, 2.05) is 6.07 Å². The van der Waals surface area contributed by atoms with Crippen molar-refractivity contribution < 1.29 is 9.63 Å². The standard InChI is InChI=1S/C17H14Cl3N3O2/c18-11-5-2-6-12(21)15(11)13-8-14(25-23-13)9-3-1-4-10(7-9)22-17(24)16(19)20/h1-7,14,16H,8,21H2,(H,22,24). The van der Waals surface area contributed by atoms with Crippen molar-refractivity contribution in [3.8, 4) is 0 Å². The van der Waals surface area contributed by atoms with Gasteiger partial charge in [-0.3, -0.25) is 4.79 Å². The molecule has 0 aliphatic carbocycles. The fourth-order valence-electron chi connectivity index (χ4n) is 2.56. The highest BCUT2D eigenvalue weighted by Crippen LogP contribution is 2.34. The topological polar surface area (TPSA) is 76.7 Å². The largest absolute Gasteiger partial charge is 0.398 e. The van der Waals surface area contributed by atoms with Crippen LogP contribution in [0.5, 0.6) is 0 Å². The molecule has 0 saturated heterocycles. The van der Waals surface area contributed by atoms with Gasteiger partial charge >= 0.3 is 0 Å². The number of carbonyl (C=O) groups is 1. The van der Waals surface area contributed by atoms with Crippen LogP contribution in [0.3, 0.4) is 0 Å². The Bertz CT molecular complexity index is 819. The van der Waals surface area contributed by atoms with E-state index >= 15 is 0 Å².